The van der Waals surface area contributed by atoms with Crippen LogP contribution in [0, 0.1) is 0 Å². The van der Waals surface area contributed by atoms with Crippen LogP contribution in [-0.4, -0.2) is 41.7 Å². The molecule has 8 nitrogen and oxygen atoms in total. The second-order valence-electron chi connectivity index (χ2n) is 7.60. The van der Waals surface area contributed by atoms with E-state index in [0.717, 1.165) is 29.7 Å². The lowest BCUT2D eigenvalue weighted by Crippen LogP contribution is -2.48. The van der Waals surface area contributed by atoms with E-state index in [9.17, 15) is 14.4 Å². The minimum atomic E-state index is -0.779. The number of hydrogen-bond donors (Lipinski definition) is 1. The molecule has 4 rings (SSSR count). The monoisotopic (exact) mass is 422 g/mol. The van der Waals surface area contributed by atoms with Gasteiger partial charge in [-0.15, -0.1) is 0 Å². The molecule has 0 radical (unpaired) electrons. The lowest BCUT2D eigenvalue weighted by Gasteiger charge is -2.30. The summed E-state index contributed by atoms with van der Waals surface area (Å²) in [7, 11) is 0. The van der Waals surface area contributed by atoms with E-state index < -0.39 is 17.5 Å². The van der Waals surface area contributed by atoms with Crippen molar-refractivity contribution in [3.05, 3.63) is 28.3 Å². The van der Waals surface area contributed by atoms with Gasteiger partial charge in [0.1, 0.15) is 17.9 Å². The van der Waals surface area contributed by atoms with Gasteiger partial charge in [0.15, 0.2) is 6.79 Å². The van der Waals surface area contributed by atoms with Gasteiger partial charge in [-0.05, 0) is 25.0 Å². The van der Waals surface area contributed by atoms with Gasteiger partial charge in [0.2, 0.25) is 0 Å². The Morgan fingerprint density at radius 3 is 2.83 bits per heavy atom. The molecule has 1 saturated heterocycles. The second-order valence-corrected chi connectivity index (χ2v) is 8.04. The van der Waals surface area contributed by atoms with Crippen LogP contribution >= 0.6 is 11.6 Å². The van der Waals surface area contributed by atoms with Crippen LogP contribution in [0.2, 0.25) is 5.02 Å². The summed E-state index contributed by atoms with van der Waals surface area (Å²) < 4.78 is 16.1. The molecule has 2 aliphatic heterocycles. The van der Waals surface area contributed by atoms with Crippen LogP contribution in [-0.2, 0) is 32.3 Å². The van der Waals surface area contributed by atoms with Crippen molar-refractivity contribution in [1.29, 1.82) is 0 Å². The minimum absolute atomic E-state index is 0.00322. The Kier molecular flexibility index (Phi) is 5.65. The fraction of sp³-hybridized carbons (Fsp3) is 0.550. The predicted octanol–water partition coefficient (Wildman–Crippen LogP) is 2.89. The third kappa shape index (κ3) is 4.04. The largest absolute Gasteiger partial charge is 0.467 e. The standard InChI is InChI=1S/C20H23ClN2O6/c21-15-8-13-10-27-12-29-17(13)14(9-15)11-28-16(24)4-7-23-18(25)20(22-19(23)26)5-2-1-3-6-20/h8-9H,1-7,10-12H2,(H,22,26). The van der Waals surface area contributed by atoms with E-state index in [2.05, 4.69) is 5.32 Å². The summed E-state index contributed by atoms with van der Waals surface area (Å²) in [6, 6.07) is 3.01. The third-order valence-electron chi connectivity index (χ3n) is 5.63. The number of rotatable bonds is 5. The van der Waals surface area contributed by atoms with Crippen LogP contribution in [0.5, 0.6) is 5.75 Å². The molecule has 1 saturated carbocycles. The molecule has 156 valence electrons. The molecule has 9 heteroatoms. The fourth-order valence-electron chi connectivity index (χ4n) is 4.17. The molecule has 1 aromatic carbocycles. The lowest BCUT2D eigenvalue weighted by atomic mass is 9.82. The van der Waals surface area contributed by atoms with Crippen molar-refractivity contribution >= 4 is 29.5 Å². The zero-order valence-corrected chi connectivity index (χ0v) is 16.8. The SMILES string of the molecule is O=C(CCN1C(=O)NC2(CCCCC2)C1=O)OCc1cc(Cl)cc2c1OCOC2. The molecular weight excluding hydrogens is 400 g/mol. The quantitative estimate of drug-likeness (QED) is 0.579. The summed E-state index contributed by atoms with van der Waals surface area (Å²) in [5.74, 6) is -0.120. The molecule has 2 fully saturated rings. The highest BCUT2D eigenvalue weighted by Crippen LogP contribution is 2.34. The Balaban J connectivity index is 1.32. The maximum Gasteiger partial charge on any atom is 0.325 e. The van der Waals surface area contributed by atoms with E-state index in [0.29, 0.717) is 35.8 Å². The van der Waals surface area contributed by atoms with E-state index in [1.807, 2.05) is 0 Å². The maximum absolute atomic E-state index is 12.7. The van der Waals surface area contributed by atoms with E-state index in [1.165, 1.54) is 0 Å². The molecule has 1 aromatic rings. The highest BCUT2D eigenvalue weighted by molar-refractivity contribution is 6.30. The normalized spacial score (nSPS) is 20.2. The van der Waals surface area contributed by atoms with Gasteiger partial charge in [0.05, 0.1) is 13.0 Å². The van der Waals surface area contributed by atoms with Crippen LogP contribution in [0.3, 0.4) is 0 Å². The summed E-state index contributed by atoms with van der Waals surface area (Å²) in [6.45, 7) is 0.503. The van der Waals surface area contributed by atoms with Gasteiger partial charge in [0, 0.05) is 22.7 Å². The average molecular weight is 423 g/mol. The van der Waals surface area contributed by atoms with Gasteiger partial charge >= 0.3 is 12.0 Å². The van der Waals surface area contributed by atoms with Gasteiger partial charge in [-0.2, -0.15) is 0 Å². The molecule has 3 amide bonds. The molecule has 29 heavy (non-hydrogen) atoms. The van der Waals surface area contributed by atoms with Gasteiger partial charge in [-0.1, -0.05) is 30.9 Å². The van der Waals surface area contributed by atoms with Crippen molar-refractivity contribution in [3.63, 3.8) is 0 Å². The smallest absolute Gasteiger partial charge is 0.325 e. The Bertz CT molecular complexity index is 837. The minimum Gasteiger partial charge on any atom is -0.467 e. The number of ether oxygens (including phenoxy) is 3. The third-order valence-corrected chi connectivity index (χ3v) is 5.85. The molecule has 1 N–H and O–H groups in total. The number of esters is 1. The molecular formula is C20H23ClN2O6. The number of hydrogen-bond acceptors (Lipinski definition) is 6. The topological polar surface area (TPSA) is 94.2 Å². The number of amides is 3. The molecule has 3 aliphatic rings. The number of nitrogens with zero attached hydrogens (tertiary/aromatic N) is 1. The predicted molar refractivity (Wildman–Crippen MR) is 102 cm³/mol. The summed E-state index contributed by atoms with van der Waals surface area (Å²) in [5, 5.41) is 3.33. The number of fused-ring (bicyclic) bond motifs is 1. The van der Waals surface area contributed by atoms with E-state index in [1.54, 1.807) is 12.1 Å². The number of urea groups is 1. The van der Waals surface area contributed by atoms with Crippen molar-refractivity contribution in [2.24, 2.45) is 0 Å². The van der Waals surface area contributed by atoms with Crippen LogP contribution in [0.25, 0.3) is 0 Å². The first-order chi connectivity index (χ1) is 14.0. The molecule has 0 aromatic heterocycles. The Morgan fingerprint density at radius 1 is 1.24 bits per heavy atom. The zero-order valence-electron chi connectivity index (χ0n) is 16.0. The second kappa shape index (κ2) is 8.20. The molecule has 0 atom stereocenters. The van der Waals surface area contributed by atoms with Crippen molar-refractivity contribution in [1.82, 2.24) is 10.2 Å². The first kappa shape index (κ1) is 20.0. The Morgan fingerprint density at radius 2 is 2.03 bits per heavy atom. The van der Waals surface area contributed by atoms with Crippen molar-refractivity contribution < 1.29 is 28.6 Å². The van der Waals surface area contributed by atoms with Crippen LogP contribution in [0.15, 0.2) is 12.1 Å². The van der Waals surface area contributed by atoms with Crippen molar-refractivity contribution in [3.8, 4) is 5.75 Å². The molecule has 0 unspecified atom stereocenters. The highest BCUT2D eigenvalue weighted by atomic mass is 35.5. The zero-order chi connectivity index (χ0) is 20.4. The summed E-state index contributed by atoms with van der Waals surface area (Å²) >= 11 is 6.11. The van der Waals surface area contributed by atoms with Crippen LogP contribution < -0.4 is 10.1 Å². The maximum atomic E-state index is 12.7. The van der Waals surface area contributed by atoms with Crippen molar-refractivity contribution in [2.75, 3.05) is 13.3 Å². The first-order valence-corrected chi connectivity index (χ1v) is 10.2. The first-order valence-electron chi connectivity index (χ1n) is 9.80. The van der Waals surface area contributed by atoms with Gasteiger partial charge in [-0.3, -0.25) is 14.5 Å². The van der Waals surface area contributed by atoms with E-state index in [-0.39, 0.29) is 32.3 Å². The molecule has 0 bridgehead atoms. The lowest BCUT2D eigenvalue weighted by molar-refractivity contribution is -0.145. The summed E-state index contributed by atoms with van der Waals surface area (Å²) in [5.41, 5.74) is 0.672. The highest BCUT2D eigenvalue weighted by Gasteiger charge is 2.51. The Labute approximate surface area is 173 Å². The Hall–Kier alpha value is -2.32. The number of halogens is 1. The average Bonchev–Trinajstić information content (AvgIpc) is 2.94. The summed E-state index contributed by atoms with van der Waals surface area (Å²) in [6.07, 6.45) is 4.14. The van der Waals surface area contributed by atoms with E-state index >= 15 is 0 Å². The molecule has 1 aliphatic carbocycles. The number of nitrogens with one attached hydrogen (secondary N) is 1. The molecule has 2 heterocycles. The number of imide groups is 1. The number of benzene rings is 1. The fourth-order valence-corrected chi connectivity index (χ4v) is 4.43. The number of carbonyl (C=O) groups is 3. The van der Waals surface area contributed by atoms with Gasteiger partial charge in [0.25, 0.3) is 5.91 Å². The van der Waals surface area contributed by atoms with Crippen molar-refractivity contribution in [2.45, 2.75) is 57.3 Å². The van der Waals surface area contributed by atoms with Gasteiger partial charge < -0.3 is 19.5 Å². The van der Waals surface area contributed by atoms with Crippen LogP contribution in [0.4, 0.5) is 4.79 Å². The number of carbonyl (C=O) groups excluding carboxylic acids is 3. The van der Waals surface area contributed by atoms with E-state index in [4.69, 9.17) is 25.8 Å². The molecule has 1 spiro atoms. The summed E-state index contributed by atoms with van der Waals surface area (Å²) in [4.78, 5) is 38.3. The van der Waals surface area contributed by atoms with Crippen LogP contribution in [0.1, 0.15) is 49.7 Å². The van der Waals surface area contributed by atoms with Gasteiger partial charge in [-0.25, -0.2) is 4.79 Å².